The van der Waals surface area contributed by atoms with E-state index in [0.717, 1.165) is 0 Å². The van der Waals surface area contributed by atoms with Gasteiger partial charge in [0.05, 0.1) is 9.37 Å². The maximum absolute atomic E-state index is 12.6. The molecule has 2 aromatic heterocycles. The Balaban J connectivity index is 1.91. The first-order valence-corrected chi connectivity index (χ1v) is 10.4. The standard InChI is InChI=1S/C18H17BrN4O3S/c1-3-13-7-4-5-9-16(13)27(25,26)22-18(24)15-11-12(2)23(21-15)17-14(19)8-6-10-20-17/h4-11H,3H2,1-2H3,(H,22,24). The quantitative estimate of drug-likeness (QED) is 0.647. The van der Waals surface area contributed by atoms with Gasteiger partial charge in [-0.1, -0.05) is 25.1 Å². The molecule has 0 radical (unpaired) electrons. The molecule has 140 valence electrons. The van der Waals surface area contributed by atoms with Gasteiger partial charge in [0.1, 0.15) is 0 Å². The van der Waals surface area contributed by atoms with Crippen LogP contribution >= 0.6 is 15.9 Å². The lowest BCUT2D eigenvalue weighted by Crippen LogP contribution is -2.31. The molecule has 0 saturated heterocycles. The summed E-state index contributed by atoms with van der Waals surface area (Å²) in [4.78, 5) is 16.8. The third-order valence-corrected chi connectivity index (χ3v) is 5.98. The summed E-state index contributed by atoms with van der Waals surface area (Å²) >= 11 is 3.39. The van der Waals surface area contributed by atoms with E-state index in [4.69, 9.17) is 0 Å². The Kier molecular flexibility index (Phi) is 5.43. The van der Waals surface area contributed by atoms with Gasteiger partial charge >= 0.3 is 0 Å². The fourth-order valence-corrected chi connectivity index (χ4v) is 4.32. The van der Waals surface area contributed by atoms with E-state index in [2.05, 4.69) is 30.7 Å². The number of pyridine rings is 1. The minimum atomic E-state index is -4.00. The lowest BCUT2D eigenvalue weighted by Gasteiger charge is -2.09. The lowest BCUT2D eigenvalue weighted by atomic mass is 10.2. The van der Waals surface area contributed by atoms with Crippen molar-refractivity contribution in [2.24, 2.45) is 0 Å². The van der Waals surface area contributed by atoms with Gasteiger partial charge in [0, 0.05) is 11.9 Å². The number of aryl methyl sites for hydroxylation is 2. The number of hydrogen-bond donors (Lipinski definition) is 1. The van der Waals surface area contributed by atoms with E-state index in [1.807, 2.05) is 6.92 Å². The Morgan fingerprint density at radius 2 is 1.96 bits per heavy atom. The molecule has 0 aliphatic carbocycles. The number of hydrogen-bond acceptors (Lipinski definition) is 5. The summed E-state index contributed by atoms with van der Waals surface area (Å²) in [6, 6.07) is 11.6. The summed E-state index contributed by atoms with van der Waals surface area (Å²) in [7, 11) is -4.00. The van der Waals surface area contributed by atoms with Crippen LogP contribution < -0.4 is 4.72 Å². The van der Waals surface area contributed by atoms with Crippen molar-refractivity contribution in [2.75, 3.05) is 0 Å². The summed E-state index contributed by atoms with van der Waals surface area (Å²) in [6.07, 6.45) is 2.14. The van der Waals surface area contributed by atoms with Crippen LogP contribution in [0.25, 0.3) is 5.82 Å². The van der Waals surface area contributed by atoms with Crippen LogP contribution in [0.3, 0.4) is 0 Å². The molecule has 3 aromatic rings. The second-order valence-corrected chi connectivity index (χ2v) is 8.29. The molecule has 0 unspecified atom stereocenters. The Morgan fingerprint density at radius 3 is 2.67 bits per heavy atom. The van der Waals surface area contributed by atoms with Crippen molar-refractivity contribution in [2.45, 2.75) is 25.2 Å². The van der Waals surface area contributed by atoms with Crippen LogP contribution in [-0.4, -0.2) is 29.1 Å². The fraction of sp³-hybridized carbons (Fsp3) is 0.167. The highest BCUT2D eigenvalue weighted by Gasteiger charge is 2.23. The molecule has 2 heterocycles. The Morgan fingerprint density at radius 1 is 1.22 bits per heavy atom. The number of carbonyl (C=O) groups excluding carboxylic acids is 1. The minimum absolute atomic E-state index is 0.0115. The van der Waals surface area contributed by atoms with Gasteiger partial charge in [-0.25, -0.2) is 22.8 Å². The predicted molar refractivity (Wildman–Crippen MR) is 104 cm³/mol. The number of sulfonamides is 1. The molecular weight excluding hydrogens is 432 g/mol. The minimum Gasteiger partial charge on any atom is -0.266 e. The van der Waals surface area contributed by atoms with E-state index < -0.39 is 15.9 Å². The van der Waals surface area contributed by atoms with E-state index in [-0.39, 0.29) is 10.6 Å². The molecular formula is C18H17BrN4O3S. The van der Waals surface area contributed by atoms with Crippen molar-refractivity contribution in [3.05, 3.63) is 70.1 Å². The van der Waals surface area contributed by atoms with Crippen LogP contribution in [0.15, 0.2) is 58.0 Å². The zero-order chi connectivity index (χ0) is 19.6. The van der Waals surface area contributed by atoms with Gasteiger partial charge in [-0.05, 0) is 59.1 Å². The van der Waals surface area contributed by atoms with Crippen LogP contribution in [0.1, 0.15) is 28.7 Å². The van der Waals surface area contributed by atoms with Gasteiger partial charge < -0.3 is 0 Å². The Hall–Kier alpha value is -2.52. The second-order valence-electron chi connectivity index (χ2n) is 5.79. The van der Waals surface area contributed by atoms with Gasteiger partial charge in [0.15, 0.2) is 11.5 Å². The first-order valence-electron chi connectivity index (χ1n) is 8.16. The summed E-state index contributed by atoms with van der Waals surface area (Å²) in [5, 5.41) is 4.21. The van der Waals surface area contributed by atoms with Crippen molar-refractivity contribution >= 4 is 31.9 Å². The van der Waals surface area contributed by atoms with Crippen LogP contribution in [0.4, 0.5) is 0 Å². The third-order valence-electron chi connectivity index (χ3n) is 3.93. The molecule has 0 bridgehead atoms. The number of amides is 1. The average Bonchev–Trinajstić information content (AvgIpc) is 3.03. The van der Waals surface area contributed by atoms with Gasteiger partial charge in [0.25, 0.3) is 15.9 Å². The maximum Gasteiger partial charge on any atom is 0.285 e. The van der Waals surface area contributed by atoms with Crippen LogP contribution in [0.2, 0.25) is 0 Å². The van der Waals surface area contributed by atoms with Crippen molar-refractivity contribution < 1.29 is 13.2 Å². The van der Waals surface area contributed by atoms with Gasteiger partial charge in [0.2, 0.25) is 0 Å². The number of carbonyl (C=O) groups is 1. The molecule has 1 amide bonds. The highest BCUT2D eigenvalue weighted by molar-refractivity contribution is 9.10. The number of halogens is 1. The van der Waals surface area contributed by atoms with Gasteiger partial charge in [-0.2, -0.15) is 5.10 Å². The highest BCUT2D eigenvalue weighted by Crippen LogP contribution is 2.20. The first kappa shape index (κ1) is 19.2. The summed E-state index contributed by atoms with van der Waals surface area (Å²) < 4.78 is 29.5. The molecule has 3 rings (SSSR count). The van der Waals surface area contributed by atoms with E-state index in [0.29, 0.717) is 28.0 Å². The lowest BCUT2D eigenvalue weighted by molar-refractivity contribution is 0.0976. The SMILES string of the molecule is CCc1ccccc1S(=O)(=O)NC(=O)c1cc(C)n(-c2ncccc2Br)n1. The highest BCUT2D eigenvalue weighted by atomic mass is 79.9. The monoisotopic (exact) mass is 448 g/mol. The van der Waals surface area contributed by atoms with Crippen molar-refractivity contribution in [3.63, 3.8) is 0 Å². The van der Waals surface area contributed by atoms with Crippen molar-refractivity contribution in [1.29, 1.82) is 0 Å². The molecule has 27 heavy (non-hydrogen) atoms. The number of aromatic nitrogens is 3. The molecule has 1 N–H and O–H groups in total. The maximum atomic E-state index is 12.6. The molecule has 0 aliphatic rings. The van der Waals surface area contributed by atoms with Crippen LogP contribution in [0.5, 0.6) is 0 Å². The number of rotatable bonds is 5. The molecule has 9 heteroatoms. The zero-order valence-corrected chi connectivity index (χ0v) is 17.1. The van der Waals surface area contributed by atoms with Crippen LogP contribution in [0, 0.1) is 6.92 Å². The molecule has 0 saturated carbocycles. The third kappa shape index (κ3) is 3.93. The van der Waals surface area contributed by atoms with Gasteiger partial charge in [-0.3, -0.25) is 4.79 Å². The van der Waals surface area contributed by atoms with E-state index >= 15 is 0 Å². The normalized spacial score (nSPS) is 11.4. The molecule has 7 nitrogen and oxygen atoms in total. The molecule has 1 aromatic carbocycles. The van der Waals surface area contributed by atoms with Gasteiger partial charge in [-0.15, -0.1) is 0 Å². The van der Waals surface area contributed by atoms with E-state index in [1.165, 1.54) is 16.8 Å². The Bertz CT molecular complexity index is 1110. The number of nitrogens with one attached hydrogen (secondary N) is 1. The van der Waals surface area contributed by atoms with Crippen molar-refractivity contribution in [1.82, 2.24) is 19.5 Å². The average molecular weight is 449 g/mol. The topological polar surface area (TPSA) is 94.0 Å². The fourth-order valence-electron chi connectivity index (χ4n) is 2.62. The summed E-state index contributed by atoms with van der Waals surface area (Å²) in [5.74, 6) is -0.289. The predicted octanol–water partition coefficient (Wildman–Crippen LogP) is 3.02. The van der Waals surface area contributed by atoms with Crippen molar-refractivity contribution in [3.8, 4) is 5.82 Å². The smallest absolute Gasteiger partial charge is 0.266 e. The first-order chi connectivity index (χ1) is 12.8. The second kappa shape index (κ2) is 7.61. The number of benzene rings is 1. The van der Waals surface area contributed by atoms with E-state index in [9.17, 15) is 13.2 Å². The summed E-state index contributed by atoms with van der Waals surface area (Å²) in [5.41, 5.74) is 1.27. The molecule has 0 aliphatic heterocycles. The molecule has 0 fully saturated rings. The molecule has 0 spiro atoms. The zero-order valence-electron chi connectivity index (χ0n) is 14.7. The largest absolute Gasteiger partial charge is 0.285 e. The van der Waals surface area contributed by atoms with Crippen LogP contribution in [-0.2, 0) is 16.4 Å². The number of nitrogens with zero attached hydrogens (tertiary/aromatic N) is 3. The van der Waals surface area contributed by atoms with E-state index in [1.54, 1.807) is 43.5 Å². The summed E-state index contributed by atoms with van der Waals surface area (Å²) in [6.45, 7) is 3.61. The molecule has 0 atom stereocenters. The Labute approximate surface area is 165 Å².